The van der Waals surface area contributed by atoms with Crippen molar-refractivity contribution in [2.45, 2.75) is 25.4 Å². The molecule has 1 fully saturated rings. The summed E-state index contributed by atoms with van der Waals surface area (Å²) >= 11 is 0. The lowest BCUT2D eigenvalue weighted by Crippen LogP contribution is -2.40. The van der Waals surface area contributed by atoms with E-state index in [1.165, 1.54) is 0 Å². The number of rotatable bonds is 5. The third kappa shape index (κ3) is 3.49. The first-order valence-corrected chi connectivity index (χ1v) is 7.25. The molecule has 3 heterocycles. The van der Waals surface area contributed by atoms with Crippen molar-refractivity contribution < 1.29 is 9.53 Å². The summed E-state index contributed by atoms with van der Waals surface area (Å²) in [5.41, 5.74) is 0.815. The smallest absolute Gasteiger partial charge is 0.314 e. The van der Waals surface area contributed by atoms with Crippen molar-refractivity contribution in [1.29, 1.82) is 0 Å². The highest BCUT2D eigenvalue weighted by Gasteiger charge is 2.15. The van der Waals surface area contributed by atoms with Gasteiger partial charge in [0.25, 0.3) is 0 Å². The average Bonchev–Trinajstić information content (AvgIpc) is 3.15. The van der Waals surface area contributed by atoms with Crippen molar-refractivity contribution in [1.82, 2.24) is 25.2 Å². The first-order chi connectivity index (χ1) is 10.3. The normalized spacial score (nSPS) is 18.0. The zero-order valence-corrected chi connectivity index (χ0v) is 11.8. The molecule has 1 saturated heterocycles. The first-order valence-electron chi connectivity index (χ1n) is 7.25. The van der Waals surface area contributed by atoms with E-state index in [0.717, 1.165) is 30.9 Å². The average molecular weight is 289 g/mol. The maximum Gasteiger partial charge on any atom is 0.314 e. The highest BCUT2D eigenvalue weighted by molar-refractivity contribution is 5.73. The summed E-state index contributed by atoms with van der Waals surface area (Å²) in [6.45, 7) is 1.89. The minimum absolute atomic E-state index is 0.163. The van der Waals surface area contributed by atoms with Gasteiger partial charge in [-0.2, -0.15) is 0 Å². The molecule has 0 bridgehead atoms. The van der Waals surface area contributed by atoms with Crippen molar-refractivity contribution in [2.75, 3.05) is 19.7 Å². The van der Waals surface area contributed by atoms with Gasteiger partial charge in [-0.05, 0) is 25.0 Å². The fourth-order valence-corrected chi connectivity index (χ4v) is 2.42. The van der Waals surface area contributed by atoms with Crippen LogP contribution in [0.3, 0.4) is 0 Å². The Morgan fingerprint density at radius 1 is 1.38 bits per heavy atom. The monoisotopic (exact) mass is 289 g/mol. The van der Waals surface area contributed by atoms with Crippen LogP contribution in [0.15, 0.2) is 24.4 Å². The maximum absolute atomic E-state index is 11.7. The third-order valence-corrected chi connectivity index (χ3v) is 3.53. The molecule has 1 unspecified atom stereocenters. The molecular formula is C14H19N5O2. The van der Waals surface area contributed by atoms with Crippen LogP contribution in [0, 0.1) is 0 Å². The van der Waals surface area contributed by atoms with Gasteiger partial charge in [-0.3, -0.25) is 4.40 Å². The lowest BCUT2D eigenvalue weighted by molar-refractivity contribution is 0.111. The molecule has 1 aliphatic heterocycles. The van der Waals surface area contributed by atoms with Crippen molar-refractivity contribution in [3.63, 3.8) is 0 Å². The summed E-state index contributed by atoms with van der Waals surface area (Å²) in [5.74, 6) is 0.838. The summed E-state index contributed by atoms with van der Waals surface area (Å²) in [5, 5.41) is 13.8. The molecule has 0 aliphatic carbocycles. The van der Waals surface area contributed by atoms with Crippen LogP contribution in [0.5, 0.6) is 0 Å². The number of nitrogens with one attached hydrogen (secondary N) is 2. The van der Waals surface area contributed by atoms with E-state index in [1.54, 1.807) is 0 Å². The van der Waals surface area contributed by atoms with Gasteiger partial charge in [0.1, 0.15) is 5.82 Å². The van der Waals surface area contributed by atoms with Crippen LogP contribution in [0.2, 0.25) is 0 Å². The van der Waals surface area contributed by atoms with Crippen LogP contribution in [0.25, 0.3) is 5.65 Å². The molecule has 1 atom stereocenters. The Balaban J connectivity index is 1.42. The molecule has 2 amide bonds. The zero-order valence-electron chi connectivity index (χ0n) is 11.8. The standard InChI is InChI=1S/C14H19N5O2/c20-14(16-10-11-4-3-9-21-11)15-7-6-13-18-17-12-5-1-2-8-19(12)13/h1-2,5,8,11H,3-4,6-7,9-10H2,(H2,15,16,20). The van der Waals surface area contributed by atoms with Gasteiger partial charge < -0.3 is 15.4 Å². The van der Waals surface area contributed by atoms with Gasteiger partial charge in [-0.25, -0.2) is 4.79 Å². The summed E-state index contributed by atoms with van der Waals surface area (Å²) in [6, 6.07) is 5.59. The van der Waals surface area contributed by atoms with Crippen molar-refractivity contribution in [3.05, 3.63) is 30.2 Å². The minimum Gasteiger partial charge on any atom is -0.376 e. The highest BCUT2D eigenvalue weighted by atomic mass is 16.5. The van der Waals surface area contributed by atoms with Crippen LogP contribution in [-0.2, 0) is 11.2 Å². The summed E-state index contributed by atoms with van der Waals surface area (Å²) < 4.78 is 7.37. The Morgan fingerprint density at radius 3 is 3.19 bits per heavy atom. The number of ether oxygens (including phenoxy) is 1. The van der Waals surface area contributed by atoms with Gasteiger partial charge in [0.05, 0.1) is 6.10 Å². The molecule has 0 aromatic carbocycles. The second kappa shape index (κ2) is 6.53. The highest BCUT2D eigenvalue weighted by Crippen LogP contribution is 2.10. The number of pyridine rings is 1. The SMILES string of the molecule is O=C(NCCc1nnc2ccccn12)NCC1CCCO1. The van der Waals surface area contributed by atoms with E-state index in [-0.39, 0.29) is 12.1 Å². The van der Waals surface area contributed by atoms with Crippen molar-refractivity contribution in [3.8, 4) is 0 Å². The number of hydrogen-bond donors (Lipinski definition) is 2. The molecule has 3 rings (SSSR count). The number of aromatic nitrogens is 3. The predicted molar refractivity (Wildman–Crippen MR) is 77.1 cm³/mol. The van der Waals surface area contributed by atoms with Gasteiger partial charge >= 0.3 is 6.03 Å². The van der Waals surface area contributed by atoms with Crippen LogP contribution in [0.1, 0.15) is 18.7 Å². The molecule has 1 aliphatic rings. The van der Waals surface area contributed by atoms with Gasteiger partial charge in [-0.1, -0.05) is 6.07 Å². The van der Waals surface area contributed by atoms with Crippen LogP contribution in [-0.4, -0.2) is 46.4 Å². The van der Waals surface area contributed by atoms with E-state index in [9.17, 15) is 4.79 Å². The van der Waals surface area contributed by atoms with Gasteiger partial charge in [0.15, 0.2) is 5.65 Å². The van der Waals surface area contributed by atoms with Crippen LogP contribution < -0.4 is 10.6 Å². The Morgan fingerprint density at radius 2 is 2.33 bits per heavy atom. The second-order valence-electron chi connectivity index (χ2n) is 5.07. The Labute approximate surface area is 122 Å². The number of fused-ring (bicyclic) bond motifs is 1. The van der Waals surface area contributed by atoms with Crippen molar-refractivity contribution in [2.24, 2.45) is 0 Å². The van der Waals surface area contributed by atoms with Crippen LogP contribution >= 0.6 is 0 Å². The van der Waals surface area contributed by atoms with Gasteiger partial charge in [0.2, 0.25) is 0 Å². The molecule has 2 N–H and O–H groups in total. The maximum atomic E-state index is 11.7. The Bertz CT molecular complexity index is 606. The topological polar surface area (TPSA) is 80.6 Å². The molecule has 21 heavy (non-hydrogen) atoms. The molecule has 7 nitrogen and oxygen atoms in total. The van der Waals surface area contributed by atoms with Crippen molar-refractivity contribution >= 4 is 11.7 Å². The van der Waals surface area contributed by atoms with E-state index < -0.39 is 0 Å². The number of nitrogens with zero attached hydrogens (tertiary/aromatic N) is 3. The number of hydrogen-bond acceptors (Lipinski definition) is 4. The van der Waals surface area contributed by atoms with E-state index >= 15 is 0 Å². The van der Waals surface area contributed by atoms with Crippen LogP contribution in [0.4, 0.5) is 4.79 Å². The largest absolute Gasteiger partial charge is 0.376 e. The Kier molecular flexibility index (Phi) is 4.30. The molecule has 0 spiro atoms. The molecule has 0 radical (unpaired) electrons. The molecular weight excluding hydrogens is 270 g/mol. The van der Waals surface area contributed by atoms with Gasteiger partial charge in [0, 0.05) is 32.3 Å². The fraction of sp³-hybridized carbons (Fsp3) is 0.500. The fourth-order valence-electron chi connectivity index (χ4n) is 2.42. The molecule has 2 aromatic heterocycles. The predicted octanol–water partition coefficient (Wildman–Crippen LogP) is 0.750. The number of carbonyl (C=O) groups excluding carboxylic acids is 1. The van der Waals surface area contributed by atoms with Gasteiger partial charge in [-0.15, -0.1) is 10.2 Å². The molecule has 0 saturated carbocycles. The van der Waals surface area contributed by atoms with E-state index in [1.807, 2.05) is 28.8 Å². The van der Waals surface area contributed by atoms with E-state index in [4.69, 9.17) is 4.74 Å². The molecule has 112 valence electrons. The van der Waals surface area contributed by atoms with E-state index in [2.05, 4.69) is 20.8 Å². The Hall–Kier alpha value is -2.15. The first kappa shape index (κ1) is 13.8. The molecule has 2 aromatic rings. The third-order valence-electron chi connectivity index (χ3n) is 3.53. The number of carbonyl (C=O) groups is 1. The second-order valence-corrected chi connectivity index (χ2v) is 5.07. The lowest BCUT2D eigenvalue weighted by Gasteiger charge is -2.11. The minimum atomic E-state index is -0.167. The van der Waals surface area contributed by atoms with E-state index in [0.29, 0.717) is 19.5 Å². The molecule has 7 heteroatoms. The summed E-state index contributed by atoms with van der Waals surface area (Å²) in [7, 11) is 0. The zero-order chi connectivity index (χ0) is 14.5. The lowest BCUT2D eigenvalue weighted by atomic mass is 10.2. The summed E-state index contributed by atoms with van der Waals surface area (Å²) in [4.78, 5) is 11.7. The summed E-state index contributed by atoms with van der Waals surface area (Å²) in [6.07, 6.45) is 4.82. The quantitative estimate of drug-likeness (QED) is 0.851. The number of urea groups is 1. The number of amides is 2.